The summed E-state index contributed by atoms with van der Waals surface area (Å²) in [6.07, 6.45) is 7.00. The first-order valence-electron chi connectivity index (χ1n) is 9.19. The van der Waals surface area contributed by atoms with Crippen molar-refractivity contribution < 1.29 is 9.47 Å². The fraction of sp³-hybridized carbons (Fsp3) is 0.381. The van der Waals surface area contributed by atoms with E-state index in [0.29, 0.717) is 0 Å². The summed E-state index contributed by atoms with van der Waals surface area (Å²) in [7, 11) is 1.70. The number of benzene rings is 2. The summed E-state index contributed by atoms with van der Waals surface area (Å²) in [5.74, 6) is 0.892. The highest BCUT2D eigenvalue weighted by molar-refractivity contribution is 5.84. The van der Waals surface area contributed by atoms with Gasteiger partial charge in [-0.3, -0.25) is 4.90 Å². The molecule has 1 aromatic heterocycles. The summed E-state index contributed by atoms with van der Waals surface area (Å²) in [4.78, 5) is 6.60. The van der Waals surface area contributed by atoms with Crippen LogP contribution in [0.1, 0.15) is 18.1 Å². The zero-order valence-corrected chi connectivity index (χ0v) is 15.2. The minimum absolute atomic E-state index is 0.142. The van der Waals surface area contributed by atoms with Crippen molar-refractivity contribution in [2.75, 3.05) is 33.4 Å². The molecule has 0 amide bonds. The third-order valence-corrected chi connectivity index (χ3v) is 5.04. The number of aryl methyl sites for hydroxylation is 1. The molecule has 1 fully saturated rings. The lowest BCUT2D eigenvalue weighted by Gasteiger charge is -2.33. The second-order valence-corrected chi connectivity index (χ2v) is 6.79. The van der Waals surface area contributed by atoms with Crippen molar-refractivity contribution >= 4 is 10.8 Å². The topological polar surface area (TPSA) is 39.5 Å². The van der Waals surface area contributed by atoms with Crippen molar-refractivity contribution in [2.45, 2.75) is 19.1 Å². The van der Waals surface area contributed by atoms with Gasteiger partial charge in [0.05, 0.1) is 26.1 Å². The smallest absolute Gasteiger partial charge is 0.119 e. The van der Waals surface area contributed by atoms with Gasteiger partial charge < -0.3 is 14.0 Å². The van der Waals surface area contributed by atoms with Gasteiger partial charge in [-0.05, 0) is 41.0 Å². The van der Waals surface area contributed by atoms with E-state index in [1.807, 2.05) is 24.8 Å². The lowest BCUT2D eigenvalue weighted by atomic mass is 10.0. The molecule has 0 N–H and O–H groups in total. The Labute approximate surface area is 154 Å². The van der Waals surface area contributed by atoms with E-state index in [1.54, 1.807) is 7.11 Å². The van der Waals surface area contributed by atoms with Crippen molar-refractivity contribution in [3.05, 3.63) is 60.7 Å². The Morgan fingerprint density at radius 2 is 2.04 bits per heavy atom. The van der Waals surface area contributed by atoms with Crippen LogP contribution in [0.2, 0.25) is 0 Å². The molecular formula is C21H25N3O2. The van der Waals surface area contributed by atoms with Crippen molar-refractivity contribution in [1.82, 2.24) is 14.5 Å². The maximum Gasteiger partial charge on any atom is 0.119 e. The molecule has 1 unspecified atom stereocenters. The Bertz CT molecular complexity index is 848. The first kappa shape index (κ1) is 17.1. The number of rotatable bonds is 6. The van der Waals surface area contributed by atoms with E-state index in [9.17, 15) is 0 Å². The summed E-state index contributed by atoms with van der Waals surface area (Å²) in [5.41, 5.74) is 1.25. The SMILES string of the molecule is COc1ccc2cc(C3CN(CCCn4ccnc4)CCO3)ccc2c1. The normalized spacial score (nSPS) is 18.3. The molecule has 1 atom stereocenters. The molecule has 4 rings (SSSR count). The van der Waals surface area contributed by atoms with Crippen LogP contribution in [-0.2, 0) is 11.3 Å². The molecule has 0 radical (unpaired) electrons. The monoisotopic (exact) mass is 351 g/mol. The van der Waals surface area contributed by atoms with E-state index < -0.39 is 0 Å². The molecular weight excluding hydrogens is 326 g/mol. The fourth-order valence-electron chi connectivity index (χ4n) is 3.57. The van der Waals surface area contributed by atoms with Gasteiger partial charge in [-0.2, -0.15) is 0 Å². The van der Waals surface area contributed by atoms with Crippen molar-refractivity contribution in [1.29, 1.82) is 0 Å². The molecule has 136 valence electrons. The third kappa shape index (κ3) is 3.89. The molecule has 3 aromatic rings. The second kappa shape index (κ2) is 7.89. The van der Waals surface area contributed by atoms with Gasteiger partial charge in [0.1, 0.15) is 5.75 Å². The van der Waals surface area contributed by atoms with Crippen LogP contribution >= 0.6 is 0 Å². The van der Waals surface area contributed by atoms with Crippen LogP contribution in [0.3, 0.4) is 0 Å². The van der Waals surface area contributed by atoms with Gasteiger partial charge in [0.25, 0.3) is 0 Å². The molecule has 1 aliphatic heterocycles. The summed E-state index contributed by atoms with van der Waals surface area (Å²) in [6.45, 7) is 4.84. The van der Waals surface area contributed by atoms with Gasteiger partial charge >= 0.3 is 0 Å². The average molecular weight is 351 g/mol. The molecule has 5 nitrogen and oxygen atoms in total. The number of morpholine rings is 1. The number of imidazole rings is 1. The van der Waals surface area contributed by atoms with Crippen molar-refractivity contribution in [3.8, 4) is 5.75 Å². The first-order chi connectivity index (χ1) is 12.8. The Hall–Kier alpha value is -2.37. The maximum absolute atomic E-state index is 6.06. The molecule has 1 aliphatic rings. The third-order valence-electron chi connectivity index (χ3n) is 5.04. The number of aromatic nitrogens is 2. The van der Waals surface area contributed by atoms with Gasteiger partial charge in [-0.1, -0.05) is 18.2 Å². The van der Waals surface area contributed by atoms with E-state index in [1.165, 1.54) is 16.3 Å². The Morgan fingerprint density at radius 3 is 2.88 bits per heavy atom. The molecule has 1 saturated heterocycles. The summed E-state index contributed by atoms with van der Waals surface area (Å²) in [6, 6.07) is 12.8. The van der Waals surface area contributed by atoms with Crippen molar-refractivity contribution in [2.24, 2.45) is 0 Å². The van der Waals surface area contributed by atoms with Gasteiger partial charge in [0.2, 0.25) is 0 Å². The zero-order chi connectivity index (χ0) is 17.8. The van der Waals surface area contributed by atoms with E-state index in [2.05, 4.69) is 44.8 Å². The van der Waals surface area contributed by atoms with Crippen LogP contribution in [0.25, 0.3) is 10.8 Å². The number of ether oxygens (including phenoxy) is 2. The lowest BCUT2D eigenvalue weighted by molar-refractivity contribution is -0.0304. The van der Waals surface area contributed by atoms with Crippen LogP contribution in [0.4, 0.5) is 0 Å². The van der Waals surface area contributed by atoms with Gasteiger partial charge in [-0.15, -0.1) is 0 Å². The molecule has 0 aliphatic carbocycles. The number of fused-ring (bicyclic) bond motifs is 1. The molecule has 5 heteroatoms. The van der Waals surface area contributed by atoms with E-state index in [0.717, 1.165) is 45.0 Å². The molecule has 26 heavy (non-hydrogen) atoms. The number of nitrogens with zero attached hydrogens (tertiary/aromatic N) is 3. The van der Waals surface area contributed by atoms with E-state index in [4.69, 9.17) is 9.47 Å². The number of methoxy groups -OCH3 is 1. The van der Waals surface area contributed by atoms with Crippen LogP contribution in [0.5, 0.6) is 5.75 Å². The average Bonchev–Trinajstić information content (AvgIpc) is 3.21. The number of hydrogen-bond donors (Lipinski definition) is 0. The van der Waals surface area contributed by atoms with Crippen LogP contribution in [-0.4, -0.2) is 47.8 Å². The Balaban J connectivity index is 1.39. The van der Waals surface area contributed by atoms with Crippen LogP contribution in [0.15, 0.2) is 55.1 Å². The van der Waals surface area contributed by atoms with Gasteiger partial charge in [-0.25, -0.2) is 4.98 Å². The first-order valence-corrected chi connectivity index (χ1v) is 9.19. The molecule has 2 heterocycles. The minimum atomic E-state index is 0.142. The Morgan fingerprint density at radius 1 is 1.15 bits per heavy atom. The second-order valence-electron chi connectivity index (χ2n) is 6.79. The highest BCUT2D eigenvalue weighted by Crippen LogP contribution is 2.27. The maximum atomic E-state index is 6.06. The minimum Gasteiger partial charge on any atom is -0.497 e. The van der Waals surface area contributed by atoms with Crippen LogP contribution in [0, 0.1) is 0 Å². The predicted octanol–water partition coefficient (Wildman–Crippen LogP) is 3.51. The van der Waals surface area contributed by atoms with Crippen molar-refractivity contribution in [3.63, 3.8) is 0 Å². The summed E-state index contributed by atoms with van der Waals surface area (Å²) in [5, 5.41) is 2.42. The van der Waals surface area contributed by atoms with Crippen LogP contribution < -0.4 is 4.74 Å². The highest BCUT2D eigenvalue weighted by Gasteiger charge is 2.21. The molecule has 0 saturated carbocycles. The summed E-state index contributed by atoms with van der Waals surface area (Å²) < 4.78 is 13.5. The van der Waals surface area contributed by atoms with E-state index in [-0.39, 0.29) is 6.10 Å². The highest BCUT2D eigenvalue weighted by atomic mass is 16.5. The summed E-state index contributed by atoms with van der Waals surface area (Å²) >= 11 is 0. The largest absolute Gasteiger partial charge is 0.497 e. The van der Waals surface area contributed by atoms with Gasteiger partial charge in [0.15, 0.2) is 0 Å². The van der Waals surface area contributed by atoms with Gasteiger partial charge in [0, 0.05) is 38.6 Å². The predicted molar refractivity (Wildman–Crippen MR) is 102 cm³/mol. The number of hydrogen-bond acceptors (Lipinski definition) is 4. The lowest BCUT2D eigenvalue weighted by Crippen LogP contribution is -2.39. The quantitative estimate of drug-likeness (QED) is 0.681. The standard InChI is InChI=1S/C21H25N3O2/c1-25-20-6-5-17-13-19(4-3-18(17)14-20)21-15-23(11-12-26-21)8-2-9-24-10-7-22-16-24/h3-7,10,13-14,16,21H,2,8-9,11-12,15H2,1H3. The zero-order valence-electron chi connectivity index (χ0n) is 15.2. The fourth-order valence-corrected chi connectivity index (χ4v) is 3.57. The molecule has 2 aromatic carbocycles. The Kier molecular flexibility index (Phi) is 5.18. The van der Waals surface area contributed by atoms with E-state index >= 15 is 0 Å². The molecule has 0 spiro atoms. The molecule has 0 bridgehead atoms.